The first kappa shape index (κ1) is 16.0. The molecule has 0 atom stereocenters. The molecule has 2 aromatic carbocycles. The van der Waals surface area contributed by atoms with Gasteiger partial charge in [0.1, 0.15) is 11.2 Å². The van der Waals surface area contributed by atoms with Gasteiger partial charge < -0.3 is 10.4 Å². The number of hydrogen-bond acceptors (Lipinski definition) is 4. The molecule has 1 amide bonds. The predicted octanol–water partition coefficient (Wildman–Crippen LogP) is 4.04. The zero-order chi connectivity index (χ0) is 18.1. The number of fused-ring (bicyclic) bond motifs is 1. The second kappa shape index (κ2) is 6.45. The second-order valence-corrected chi connectivity index (χ2v) is 6.43. The number of aromatic carboxylic acids is 1. The number of aromatic nitrogens is 2. The van der Waals surface area contributed by atoms with Crippen LogP contribution in [-0.4, -0.2) is 26.5 Å². The average Bonchev–Trinajstić information content (AvgIpc) is 3.26. The largest absolute Gasteiger partial charge is 0.477 e. The lowest BCUT2D eigenvalue weighted by Gasteiger charge is -2.10. The van der Waals surface area contributed by atoms with E-state index < -0.39 is 5.97 Å². The minimum Gasteiger partial charge on any atom is -0.477 e. The zero-order valence-corrected chi connectivity index (χ0v) is 14.2. The van der Waals surface area contributed by atoms with E-state index in [0.29, 0.717) is 11.3 Å². The molecule has 0 radical (unpaired) electrons. The summed E-state index contributed by atoms with van der Waals surface area (Å²) in [7, 11) is 0. The van der Waals surface area contributed by atoms with Crippen LogP contribution in [-0.2, 0) is 0 Å². The Morgan fingerprint density at radius 2 is 1.77 bits per heavy atom. The molecule has 0 bridgehead atoms. The van der Waals surface area contributed by atoms with Crippen LogP contribution < -0.4 is 5.32 Å². The molecule has 0 saturated carbocycles. The normalized spacial score (nSPS) is 10.8. The maximum atomic E-state index is 12.5. The van der Waals surface area contributed by atoms with Crippen molar-refractivity contribution in [2.75, 3.05) is 5.32 Å². The van der Waals surface area contributed by atoms with E-state index in [1.807, 2.05) is 30.3 Å². The van der Waals surface area contributed by atoms with Gasteiger partial charge >= 0.3 is 5.97 Å². The highest BCUT2D eigenvalue weighted by molar-refractivity contribution is 7.13. The third-order valence-electron chi connectivity index (χ3n) is 3.95. The minimum absolute atomic E-state index is 0.0714. The lowest BCUT2D eigenvalue weighted by atomic mass is 10.2. The highest BCUT2D eigenvalue weighted by atomic mass is 32.1. The number of imidazole rings is 1. The number of hydrogen-bond donors (Lipinski definition) is 2. The van der Waals surface area contributed by atoms with E-state index in [4.69, 9.17) is 0 Å². The number of benzene rings is 2. The summed E-state index contributed by atoms with van der Waals surface area (Å²) in [6.45, 7) is 0. The van der Waals surface area contributed by atoms with E-state index >= 15 is 0 Å². The van der Waals surface area contributed by atoms with Crippen LogP contribution in [0.25, 0.3) is 16.7 Å². The third kappa shape index (κ3) is 2.74. The van der Waals surface area contributed by atoms with Crippen molar-refractivity contribution in [3.05, 3.63) is 76.7 Å². The number of para-hydroxylation sites is 2. The van der Waals surface area contributed by atoms with Crippen LogP contribution in [0.4, 0.5) is 5.69 Å². The fourth-order valence-corrected chi connectivity index (χ4v) is 3.57. The first-order valence-electron chi connectivity index (χ1n) is 7.79. The molecular weight excluding hydrogens is 350 g/mol. The second-order valence-electron chi connectivity index (χ2n) is 5.55. The number of carboxylic acids is 1. The number of carboxylic acid groups (broad SMARTS) is 1. The van der Waals surface area contributed by atoms with Crippen LogP contribution in [0.15, 0.2) is 66.3 Å². The van der Waals surface area contributed by atoms with Crippen molar-refractivity contribution < 1.29 is 14.7 Å². The van der Waals surface area contributed by atoms with Gasteiger partial charge in [0.05, 0.1) is 22.4 Å². The molecule has 0 saturated heterocycles. The molecule has 0 spiro atoms. The first-order chi connectivity index (χ1) is 12.6. The summed E-state index contributed by atoms with van der Waals surface area (Å²) < 4.78 is 1.78. The summed E-state index contributed by atoms with van der Waals surface area (Å²) in [5, 5.41) is 14.0. The third-order valence-corrected chi connectivity index (χ3v) is 4.91. The number of anilines is 1. The molecule has 0 aliphatic carbocycles. The number of nitrogens with one attached hydrogen (secondary N) is 1. The summed E-state index contributed by atoms with van der Waals surface area (Å²) in [6.07, 6.45) is 1.62. The molecule has 7 heteroatoms. The molecular formula is C19H13N3O3S. The summed E-state index contributed by atoms with van der Waals surface area (Å²) in [5.74, 6) is -1.45. The molecule has 2 aromatic heterocycles. The molecule has 4 rings (SSSR count). The highest BCUT2D eigenvalue weighted by Gasteiger charge is 2.22. The van der Waals surface area contributed by atoms with Crippen molar-refractivity contribution in [1.82, 2.24) is 9.55 Å². The maximum absolute atomic E-state index is 12.5. The van der Waals surface area contributed by atoms with Crippen LogP contribution in [0.1, 0.15) is 20.0 Å². The zero-order valence-electron chi connectivity index (χ0n) is 13.4. The van der Waals surface area contributed by atoms with Gasteiger partial charge in [-0.15, -0.1) is 11.3 Å². The van der Waals surface area contributed by atoms with E-state index in [-0.39, 0.29) is 16.5 Å². The number of rotatable bonds is 4. The number of amides is 1. The maximum Gasteiger partial charge on any atom is 0.348 e. The average molecular weight is 363 g/mol. The molecule has 0 unspecified atom stereocenters. The van der Waals surface area contributed by atoms with Crippen molar-refractivity contribution >= 4 is 39.9 Å². The SMILES string of the molecule is O=C(Nc1c(-n2cnc3ccccc32)csc1C(=O)O)c1ccccc1. The van der Waals surface area contributed by atoms with Crippen molar-refractivity contribution in [2.45, 2.75) is 0 Å². The fraction of sp³-hybridized carbons (Fsp3) is 0. The van der Waals surface area contributed by atoms with Crippen molar-refractivity contribution in [2.24, 2.45) is 0 Å². The highest BCUT2D eigenvalue weighted by Crippen LogP contribution is 2.33. The van der Waals surface area contributed by atoms with Crippen LogP contribution in [0, 0.1) is 0 Å². The van der Waals surface area contributed by atoms with Gasteiger partial charge in [-0.05, 0) is 24.3 Å². The molecule has 2 N–H and O–H groups in total. The number of carbonyl (C=O) groups excluding carboxylic acids is 1. The fourth-order valence-electron chi connectivity index (χ4n) is 2.73. The Morgan fingerprint density at radius 1 is 1.04 bits per heavy atom. The molecule has 26 heavy (non-hydrogen) atoms. The summed E-state index contributed by atoms with van der Waals surface area (Å²) in [5.41, 5.74) is 2.91. The Bertz CT molecular complexity index is 1120. The summed E-state index contributed by atoms with van der Waals surface area (Å²) in [6, 6.07) is 16.2. The van der Waals surface area contributed by atoms with E-state index in [1.54, 1.807) is 40.5 Å². The standard InChI is InChI=1S/C19H13N3O3S/c23-18(12-6-2-1-3-7-12)21-16-15(10-26-17(16)19(24)25)22-11-20-13-8-4-5-9-14(13)22/h1-11H,(H,21,23)(H,24,25). The van der Waals surface area contributed by atoms with Gasteiger partial charge in [0.15, 0.2) is 0 Å². The quantitative estimate of drug-likeness (QED) is 0.573. The van der Waals surface area contributed by atoms with E-state index in [0.717, 1.165) is 22.4 Å². The van der Waals surface area contributed by atoms with Crippen LogP contribution in [0.2, 0.25) is 0 Å². The topological polar surface area (TPSA) is 84.2 Å². The van der Waals surface area contributed by atoms with Crippen molar-refractivity contribution in [1.29, 1.82) is 0 Å². The number of thiophene rings is 1. The smallest absolute Gasteiger partial charge is 0.348 e. The summed E-state index contributed by atoms with van der Waals surface area (Å²) >= 11 is 1.07. The Morgan fingerprint density at radius 3 is 2.54 bits per heavy atom. The van der Waals surface area contributed by atoms with Crippen LogP contribution in [0.5, 0.6) is 0 Å². The lowest BCUT2D eigenvalue weighted by Crippen LogP contribution is -2.15. The van der Waals surface area contributed by atoms with Crippen LogP contribution in [0.3, 0.4) is 0 Å². The van der Waals surface area contributed by atoms with Crippen molar-refractivity contribution in [3.63, 3.8) is 0 Å². The molecule has 0 fully saturated rings. The number of carbonyl (C=O) groups is 2. The van der Waals surface area contributed by atoms with Crippen LogP contribution >= 0.6 is 11.3 Å². The molecule has 4 aromatic rings. The lowest BCUT2D eigenvalue weighted by molar-refractivity contribution is 0.0703. The van der Waals surface area contributed by atoms with E-state index in [1.165, 1.54) is 0 Å². The Hall–Kier alpha value is -3.45. The molecule has 0 aliphatic heterocycles. The Kier molecular flexibility index (Phi) is 3.98. The van der Waals surface area contributed by atoms with E-state index in [9.17, 15) is 14.7 Å². The predicted molar refractivity (Wildman–Crippen MR) is 100 cm³/mol. The minimum atomic E-state index is -1.09. The molecule has 2 heterocycles. The molecule has 0 aliphatic rings. The Labute approximate surface area is 152 Å². The monoisotopic (exact) mass is 363 g/mol. The van der Waals surface area contributed by atoms with Gasteiger partial charge in [-0.1, -0.05) is 30.3 Å². The first-order valence-corrected chi connectivity index (χ1v) is 8.67. The van der Waals surface area contributed by atoms with Gasteiger partial charge in [-0.3, -0.25) is 9.36 Å². The Balaban J connectivity index is 1.82. The molecule has 6 nitrogen and oxygen atoms in total. The van der Waals surface area contributed by atoms with Gasteiger partial charge in [-0.25, -0.2) is 9.78 Å². The van der Waals surface area contributed by atoms with E-state index in [2.05, 4.69) is 10.3 Å². The van der Waals surface area contributed by atoms with Crippen molar-refractivity contribution in [3.8, 4) is 5.69 Å². The van der Waals surface area contributed by atoms with Gasteiger partial charge in [0, 0.05) is 10.9 Å². The summed E-state index contributed by atoms with van der Waals surface area (Å²) in [4.78, 5) is 28.6. The number of nitrogens with zero attached hydrogens (tertiary/aromatic N) is 2. The van der Waals surface area contributed by atoms with Gasteiger partial charge in [0.25, 0.3) is 5.91 Å². The van der Waals surface area contributed by atoms with Gasteiger partial charge in [-0.2, -0.15) is 0 Å². The van der Waals surface area contributed by atoms with Gasteiger partial charge in [0.2, 0.25) is 0 Å². The molecule has 128 valence electrons.